The number of unbranched alkanes of at least 4 members (excludes halogenated alkanes) is 3. The monoisotopic (exact) mass is 536 g/mol. The molecule has 170 valence electrons. The van der Waals surface area contributed by atoms with Gasteiger partial charge in [0.25, 0.3) is 0 Å². The molecule has 0 radical (unpaired) electrons. The molecule has 0 bridgehead atoms. The fraction of sp³-hybridized carbons (Fsp3) is 0.714. The van der Waals surface area contributed by atoms with Gasteiger partial charge in [-0.2, -0.15) is 0 Å². The van der Waals surface area contributed by atoms with Crippen LogP contribution in [0.4, 0.5) is 0 Å². The van der Waals surface area contributed by atoms with E-state index >= 15 is 0 Å². The van der Waals surface area contributed by atoms with Gasteiger partial charge < -0.3 is 0 Å². The second-order valence-electron chi connectivity index (χ2n) is 10.3. The van der Waals surface area contributed by atoms with Crippen molar-refractivity contribution in [1.29, 1.82) is 0 Å². The summed E-state index contributed by atoms with van der Waals surface area (Å²) in [5, 5.41) is 0. The van der Waals surface area contributed by atoms with Crippen LogP contribution < -0.4 is 0 Å². The summed E-state index contributed by atoms with van der Waals surface area (Å²) in [5.74, 6) is 0. The first-order valence-corrected chi connectivity index (χ1v) is 21.8. The fourth-order valence-corrected chi connectivity index (χ4v) is 41.2. The van der Waals surface area contributed by atoms with Crippen LogP contribution in [0.2, 0.25) is 13.3 Å². The molecule has 1 aliphatic rings. The second kappa shape index (κ2) is 11.9. The molecule has 0 heterocycles. The third-order valence-corrected chi connectivity index (χ3v) is 34.1. The van der Waals surface area contributed by atoms with E-state index in [1.54, 1.807) is 30.0 Å². The number of rotatable bonds is 13. The zero-order chi connectivity index (χ0) is 22.4. The molecule has 30 heavy (non-hydrogen) atoms. The standard InChI is InChI=1S/C16H22P.3C4H9.Sn/c1-11(2)17(12(3)4)16-13(5)10-14-8-6-7-9-15(14)16;3*1-3-4-2;/h6-12H,1-5H3;3*1,3-4H2,2H3;. The molecule has 2 heteroatoms. The molecule has 0 saturated carbocycles. The molecule has 0 saturated heterocycles. The van der Waals surface area contributed by atoms with Gasteiger partial charge in [0, 0.05) is 0 Å². The summed E-state index contributed by atoms with van der Waals surface area (Å²) in [6.45, 7) is 20.0. The van der Waals surface area contributed by atoms with Gasteiger partial charge in [0.05, 0.1) is 0 Å². The Morgan fingerprint density at radius 3 is 1.70 bits per heavy atom. The first kappa shape index (κ1) is 26.4. The van der Waals surface area contributed by atoms with E-state index in [9.17, 15) is 0 Å². The van der Waals surface area contributed by atoms with Crippen molar-refractivity contribution < 1.29 is 0 Å². The van der Waals surface area contributed by atoms with Crippen LogP contribution in [0.5, 0.6) is 0 Å². The van der Waals surface area contributed by atoms with Gasteiger partial charge in [-0.05, 0) is 0 Å². The van der Waals surface area contributed by atoms with E-state index in [-0.39, 0.29) is 7.92 Å². The van der Waals surface area contributed by atoms with E-state index in [4.69, 9.17) is 0 Å². The molecule has 1 atom stereocenters. The van der Waals surface area contributed by atoms with Crippen LogP contribution >= 0.6 is 7.92 Å². The van der Waals surface area contributed by atoms with Crippen molar-refractivity contribution in [2.45, 2.75) is 122 Å². The van der Waals surface area contributed by atoms with E-state index in [1.165, 1.54) is 38.5 Å². The Labute approximate surface area is 194 Å². The molecule has 0 nitrogen and oxygen atoms in total. The Bertz CT molecular complexity index is 660. The van der Waals surface area contributed by atoms with Crippen LogP contribution in [0, 0.1) is 0 Å². The van der Waals surface area contributed by atoms with Gasteiger partial charge in [-0.1, -0.05) is 0 Å². The van der Waals surface area contributed by atoms with Crippen LogP contribution in [0.15, 0.2) is 29.8 Å². The van der Waals surface area contributed by atoms with Crippen molar-refractivity contribution in [1.82, 2.24) is 0 Å². The van der Waals surface area contributed by atoms with Crippen molar-refractivity contribution in [3.8, 4) is 0 Å². The van der Waals surface area contributed by atoms with Gasteiger partial charge in [0.1, 0.15) is 0 Å². The van der Waals surface area contributed by atoms with E-state index in [0.29, 0.717) is 3.17 Å². The number of hydrogen-bond acceptors (Lipinski definition) is 0. The van der Waals surface area contributed by atoms with Gasteiger partial charge in [-0.25, -0.2) is 0 Å². The molecule has 1 aromatic rings. The van der Waals surface area contributed by atoms with Crippen LogP contribution in [0.1, 0.15) is 105 Å². The predicted molar refractivity (Wildman–Crippen MR) is 144 cm³/mol. The fourth-order valence-electron chi connectivity index (χ4n) is 6.66. The topological polar surface area (TPSA) is 0 Å². The molecular weight excluding hydrogens is 486 g/mol. The van der Waals surface area contributed by atoms with Gasteiger partial charge in [-0.3, -0.25) is 0 Å². The first-order valence-electron chi connectivity index (χ1n) is 12.9. The molecule has 0 N–H and O–H groups in total. The van der Waals surface area contributed by atoms with E-state index < -0.39 is 18.4 Å². The SMILES string of the molecule is CCC[CH2][Sn]([CH2]CCC)([CH2]CCC)[C]1(P(C(C)C)C(C)C)C(C)=Cc2ccccc21. The van der Waals surface area contributed by atoms with Gasteiger partial charge in [-0.15, -0.1) is 0 Å². The Balaban J connectivity index is 2.87. The molecule has 0 aromatic heterocycles. The average molecular weight is 535 g/mol. The summed E-state index contributed by atoms with van der Waals surface area (Å²) in [5.41, 5.74) is 6.69. The van der Waals surface area contributed by atoms with Crippen LogP contribution in [0.3, 0.4) is 0 Å². The molecule has 2 rings (SSSR count). The molecule has 0 spiro atoms. The third kappa shape index (κ3) is 4.90. The zero-order valence-electron chi connectivity index (χ0n) is 21.4. The van der Waals surface area contributed by atoms with Gasteiger partial charge in [0.2, 0.25) is 0 Å². The Hall–Kier alpha value is 0.189. The Morgan fingerprint density at radius 2 is 1.27 bits per heavy atom. The van der Waals surface area contributed by atoms with Crippen molar-refractivity contribution >= 4 is 32.4 Å². The number of hydrogen-bond donors (Lipinski definition) is 0. The van der Waals surface area contributed by atoms with Gasteiger partial charge in [0.15, 0.2) is 0 Å². The number of benzene rings is 1. The second-order valence-corrected chi connectivity index (χ2v) is 28.8. The molecule has 0 aliphatic heterocycles. The quantitative estimate of drug-likeness (QED) is 0.174. The maximum atomic E-state index is 2.63. The van der Waals surface area contributed by atoms with Crippen molar-refractivity contribution in [3.63, 3.8) is 0 Å². The maximum absolute atomic E-state index is 2.65. The molecule has 1 unspecified atom stereocenters. The minimum absolute atomic E-state index is 0.103. The van der Waals surface area contributed by atoms with Crippen molar-refractivity contribution in [3.05, 3.63) is 41.0 Å². The summed E-state index contributed by atoms with van der Waals surface area (Å²) in [7, 11) is -0.103. The van der Waals surface area contributed by atoms with E-state index in [0.717, 1.165) is 11.3 Å². The Kier molecular flexibility index (Phi) is 10.5. The van der Waals surface area contributed by atoms with Crippen molar-refractivity contribution in [2.24, 2.45) is 0 Å². The molecule has 0 amide bonds. The number of fused-ring (bicyclic) bond motifs is 1. The van der Waals surface area contributed by atoms with Crippen LogP contribution in [0.25, 0.3) is 6.08 Å². The average Bonchev–Trinajstić information content (AvgIpc) is 3.00. The van der Waals surface area contributed by atoms with E-state index in [2.05, 4.69) is 85.7 Å². The normalized spacial score (nSPS) is 19.1. The van der Waals surface area contributed by atoms with E-state index in [1.807, 2.05) is 0 Å². The summed E-state index contributed by atoms with van der Waals surface area (Å²) >= 11 is -2.65. The summed E-state index contributed by atoms with van der Waals surface area (Å²) in [6, 6.07) is 9.61. The zero-order valence-corrected chi connectivity index (χ0v) is 25.1. The van der Waals surface area contributed by atoms with Crippen LogP contribution in [-0.2, 0) is 3.17 Å². The predicted octanol–water partition coefficient (Wildman–Crippen LogP) is 9.99. The molecular formula is C28H49PSn. The summed E-state index contributed by atoms with van der Waals surface area (Å²) in [4.78, 5) is 0. The third-order valence-electron chi connectivity index (χ3n) is 7.59. The first-order chi connectivity index (χ1) is 14.3. The van der Waals surface area contributed by atoms with Crippen molar-refractivity contribution in [2.75, 3.05) is 0 Å². The molecule has 1 aliphatic carbocycles. The molecule has 0 fully saturated rings. The number of allylic oxidation sites excluding steroid dienone is 1. The van der Waals surface area contributed by atoms with Crippen LogP contribution in [-0.4, -0.2) is 29.7 Å². The minimum atomic E-state index is -2.65. The summed E-state index contributed by atoms with van der Waals surface area (Å²) in [6.07, 6.45) is 11.1. The van der Waals surface area contributed by atoms with Gasteiger partial charge >= 0.3 is 195 Å². The molecule has 1 aromatic carbocycles. The summed E-state index contributed by atoms with van der Waals surface area (Å²) < 4.78 is 5.25. The Morgan fingerprint density at radius 1 is 0.800 bits per heavy atom.